The first-order chi connectivity index (χ1) is 10.1. The molecular formula is C14H23N3O4. The van der Waals surface area contributed by atoms with Gasteiger partial charge in [0.15, 0.2) is 0 Å². The van der Waals surface area contributed by atoms with E-state index in [0.29, 0.717) is 32.5 Å². The number of imide groups is 1. The van der Waals surface area contributed by atoms with E-state index >= 15 is 0 Å². The highest BCUT2D eigenvalue weighted by atomic mass is 16.5. The van der Waals surface area contributed by atoms with Gasteiger partial charge in [-0.2, -0.15) is 0 Å². The van der Waals surface area contributed by atoms with Gasteiger partial charge in [0.1, 0.15) is 0 Å². The molecule has 7 heteroatoms. The molecule has 1 heterocycles. The molecule has 0 radical (unpaired) electrons. The summed E-state index contributed by atoms with van der Waals surface area (Å²) in [7, 11) is 0. The quantitative estimate of drug-likeness (QED) is 0.710. The summed E-state index contributed by atoms with van der Waals surface area (Å²) in [6.45, 7) is 3.72. The molecule has 1 saturated heterocycles. The summed E-state index contributed by atoms with van der Waals surface area (Å²) < 4.78 is 5.00. The maximum absolute atomic E-state index is 11.7. The molecule has 0 bridgehead atoms. The van der Waals surface area contributed by atoms with E-state index in [9.17, 15) is 14.4 Å². The van der Waals surface area contributed by atoms with Crippen molar-refractivity contribution in [2.75, 3.05) is 26.2 Å². The molecule has 0 unspecified atom stereocenters. The minimum atomic E-state index is -0.413. The Labute approximate surface area is 124 Å². The van der Waals surface area contributed by atoms with Crippen LogP contribution in [0.1, 0.15) is 32.6 Å². The number of rotatable bonds is 5. The number of ether oxygens (including phenoxy) is 1. The zero-order chi connectivity index (χ0) is 15.2. The van der Waals surface area contributed by atoms with Crippen LogP contribution in [-0.2, 0) is 14.3 Å². The maximum Gasteiger partial charge on any atom is 0.321 e. The van der Waals surface area contributed by atoms with Crippen LogP contribution in [-0.4, -0.2) is 55.1 Å². The number of piperidine rings is 1. The van der Waals surface area contributed by atoms with Crippen LogP contribution in [0.5, 0.6) is 0 Å². The van der Waals surface area contributed by atoms with Crippen LogP contribution < -0.4 is 10.6 Å². The summed E-state index contributed by atoms with van der Waals surface area (Å²) in [5.74, 6) is -0.518. The maximum atomic E-state index is 11.7. The van der Waals surface area contributed by atoms with Crippen LogP contribution in [0.15, 0.2) is 0 Å². The third-order valence-corrected chi connectivity index (χ3v) is 3.74. The Morgan fingerprint density at radius 1 is 1.14 bits per heavy atom. The van der Waals surface area contributed by atoms with Gasteiger partial charge in [0.2, 0.25) is 5.91 Å². The number of carbonyl (C=O) groups is 3. The van der Waals surface area contributed by atoms with Gasteiger partial charge in [-0.3, -0.25) is 19.8 Å². The van der Waals surface area contributed by atoms with Crippen molar-refractivity contribution < 1.29 is 19.1 Å². The van der Waals surface area contributed by atoms with Gasteiger partial charge >= 0.3 is 12.0 Å². The van der Waals surface area contributed by atoms with Crippen molar-refractivity contribution in [1.82, 2.24) is 15.5 Å². The first-order valence-electron chi connectivity index (χ1n) is 7.57. The summed E-state index contributed by atoms with van der Waals surface area (Å²) in [6.07, 6.45) is 3.37. The number of esters is 1. The summed E-state index contributed by atoms with van der Waals surface area (Å²) in [5, 5.41) is 5.04. The second-order valence-corrected chi connectivity index (χ2v) is 5.60. The Morgan fingerprint density at radius 3 is 2.38 bits per heavy atom. The van der Waals surface area contributed by atoms with Gasteiger partial charge in [-0.25, -0.2) is 4.79 Å². The molecule has 2 fully saturated rings. The molecule has 118 valence electrons. The molecule has 0 aromatic rings. The lowest BCUT2D eigenvalue weighted by atomic mass is 9.97. The van der Waals surface area contributed by atoms with Crippen LogP contribution in [0.25, 0.3) is 0 Å². The Hall–Kier alpha value is -1.63. The van der Waals surface area contributed by atoms with Gasteiger partial charge < -0.3 is 10.1 Å². The number of amides is 3. The van der Waals surface area contributed by atoms with Crippen LogP contribution in [0, 0.1) is 5.92 Å². The Kier molecular flexibility index (Phi) is 5.55. The van der Waals surface area contributed by atoms with Crippen molar-refractivity contribution in [2.45, 2.75) is 38.6 Å². The van der Waals surface area contributed by atoms with Gasteiger partial charge in [0.25, 0.3) is 0 Å². The summed E-state index contributed by atoms with van der Waals surface area (Å²) in [4.78, 5) is 36.7. The number of nitrogens with one attached hydrogen (secondary N) is 2. The van der Waals surface area contributed by atoms with E-state index in [1.807, 2.05) is 4.90 Å². The minimum absolute atomic E-state index is 0.0672. The predicted molar refractivity (Wildman–Crippen MR) is 75.5 cm³/mol. The number of nitrogens with zero attached hydrogens (tertiary/aromatic N) is 1. The van der Waals surface area contributed by atoms with Crippen molar-refractivity contribution in [3.63, 3.8) is 0 Å². The molecular weight excluding hydrogens is 274 g/mol. The highest BCUT2D eigenvalue weighted by Crippen LogP contribution is 2.19. The van der Waals surface area contributed by atoms with Gasteiger partial charge in [-0.1, -0.05) is 0 Å². The lowest BCUT2D eigenvalue weighted by Gasteiger charge is -2.30. The molecule has 1 aliphatic heterocycles. The molecule has 0 atom stereocenters. The van der Waals surface area contributed by atoms with Gasteiger partial charge in [0, 0.05) is 6.04 Å². The van der Waals surface area contributed by atoms with E-state index in [-0.39, 0.29) is 30.4 Å². The molecule has 1 aliphatic carbocycles. The van der Waals surface area contributed by atoms with Crippen LogP contribution in [0.4, 0.5) is 4.79 Å². The summed E-state index contributed by atoms with van der Waals surface area (Å²) in [6, 6.07) is -0.179. The van der Waals surface area contributed by atoms with Crippen molar-refractivity contribution in [3.8, 4) is 0 Å². The SMILES string of the molecule is CCOC(=O)C1CCN(CC(=O)NC(=O)NC2CC2)CC1. The third-order valence-electron chi connectivity index (χ3n) is 3.74. The highest BCUT2D eigenvalue weighted by molar-refractivity contribution is 5.95. The molecule has 7 nitrogen and oxygen atoms in total. The smallest absolute Gasteiger partial charge is 0.321 e. The number of likely N-dealkylation sites (tertiary alicyclic amines) is 1. The lowest BCUT2D eigenvalue weighted by molar-refractivity contribution is -0.149. The van der Waals surface area contributed by atoms with E-state index in [0.717, 1.165) is 12.8 Å². The number of hydrogen-bond donors (Lipinski definition) is 2. The normalized spacial score (nSPS) is 19.9. The predicted octanol–water partition coefficient (Wildman–Crippen LogP) is 0.250. The van der Waals surface area contributed by atoms with E-state index < -0.39 is 6.03 Å². The zero-order valence-electron chi connectivity index (χ0n) is 12.4. The Morgan fingerprint density at radius 2 is 1.81 bits per heavy atom. The van der Waals surface area contributed by atoms with E-state index in [2.05, 4.69) is 10.6 Å². The molecule has 0 aromatic carbocycles. The first kappa shape index (κ1) is 15.8. The average Bonchev–Trinajstić information content (AvgIpc) is 3.23. The van der Waals surface area contributed by atoms with E-state index in [1.54, 1.807) is 6.92 Å². The van der Waals surface area contributed by atoms with Crippen molar-refractivity contribution in [1.29, 1.82) is 0 Å². The fraction of sp³-hybridized carbons (Fsp3) is 0.786. The van der Waals surface area contributed by atoms with Crippen molar-refractivity contribution >= 4 is 17.9 Å². The lowest BCUT2D eigenvalue weighted by Crippen LogP contribution is -2.47. The largest absolute Gasteiger partial charge is 0.466 e. The molecule has 0 spiro atoms. The van der Waals surface area contributed by atoms with E-state index in [1.165, 1.54) is 0 Å². The molecule has 2 aliphatic rings. The molecule has 3 amide bonds. The molecule has 2 N–H and O–H groups in total. The molecule has 0 aromatic heterocycles. The Bertz CT molecular complexity index is 401. The van der Waals surface area contributed by atoms with Crippen molar-refractivity contribution in [2.24, 2.45) is 5.92 Å². The number of carbonyl (C=O) groups excluding carboxylic acids is 3. The third kappa shape index (κ3) is 5.34. The van der Waals surface area contributed by atoms with Gasteiger partial charge in [0.05, 0.1) is 19.1 Å². The monoisotopic (exact) mass is 297 g/mol. The van der Waals surface area contributed by atoms with Gasteiger partial charge in [-0.15, -0.1) is 0 Å². The second kappa shape index (κ2) is 7.40. The zero-order valence-corrected chi connectivity index (χ0v) is 12.4. The highest BCUT2D eigenvalue weighted by Gasteiger charge is 2.27. The number of urea groups is 1. The fourth-order valence-electron chi connectivity index (χ4n) is 2.41. The molecule has 21 heavy (non-hydrogen) atoms. The topological polar surface area (TPSA) is 87.7 Å². The molecule has 2 rings (SSSR count). The number of hydrogen-bond acceptors (Lipinski definition) is 5. The standard InChI is InChI=1S/C14H23N3O4/c1-2-21-13(19)10-5-7-17(8-6-10)9-12(18)16-14(20)15-11-3-4-11/h10-11H,2-9H2,1H3,(H2,15,16,18,20). The van der Waals surface area contributed by atoms with Gasteiger partial charge in [-0.05, 0) is 45.7 Å². The first-order valence-corrected chi connectivity index (χ1v) is 7.57. The van der Waals surface area contributed by atoms with Crippen molar-refractivity contribution in [3.05, 3.63) is 0 Å². The fourth-order valence-corrected chi connectivity index (χ4v) is 2.41. The second-order valence-electron chi connectivity index (χ2n) is 5.60. The van der Waals surface area contributed by atoms with E-state index in [4.69, 9.17) is 4.74 Å². The minimum Gasteiger partial charge on any atom is -0.466 e. The summed E-state index contributed by atoms with van der Waals surface area (Å²) in [5.41, 5.74) is 0. The average molecular weight is 297 g/mol. The van der Waals surface area contributed by atoms with Crippen LogP contribution in [0.3, 0.4) is 0 Å². The molecule has 1 saturated carbocycles. The van der Waals surface area contributed by atoms with Crippen LogP contribution in [0.2, 0.25) is 0 Å². The summed E-state index contributed by atoms with van der Waals surface area (Å²) >= 11 is 0. The Balaban J connectivity index is 1.64. The van der Waals surface area contributed by atoms with Crippen LogP contribution >= 0.6 is 0 Å².